The fraction of sp³-hybridized carbons (Fsp3) is 0.250. The summed E-state index contributed by atoms with van der Waals surface area (Å²) in [5, 5.41) is 5.10. The number of rotatable bonds is 9. The highest BCUT2D eigenvalue weighted by molar-refractivity contribution is 7.92. The highest BCUT2D eigenvalue weighted by Gasteiger charge is 2.28. The van der Waals surface area contributed by atoms with E-state index in [2.05, 4.69) is 23.7 Å². The first-order chi connectivity index (χ1) is 19.4. The van der Waals surface area contributed by atoms with Crippen LogP contribution < -0.4 is 5.32 Å². The quantitative estimate of drug-likeness (QED) is 0.301. The van der Waals surface area contributed by atoms with Gasteiger partial charge in [-0.15, -0.1) is 0 Å². The molecule has 0 unspecified atom stereocenters. The third kappa shape index (κ3) is 5.84. The zero-order chi connectivity index (χ0) is 28.1. The first-order valence-corrected chi connectivity index (χ1v) is 15.1. The number of sulfonamides is 1. The smallest absolute Gasteiger partial charge is 0.252 e. The maximum absolute atomic E-state index is 14.2. The van der Waals surface area contributed by atoms with Crippen molar-refractivity contribution in [2.75, 3.05) is 26.2 Å². The minimum atomic E-state index is -3.47. The lowest BCUT2D eigenvalue weighted by Gasteiger charge is -2.34. The van der Waals surface area contributed by atoms with Gasteiger partial charge in [-0.1, -0.05) is 92.4 Å². The molecular weight excluding hydrogens is 520 g/mol. The van der Waals surface area contributed by atoms with Crippen molar-refractivity contribution in [3.63, 3.8) is 0 Å². The summed E-state index contributed by atoms with van der Waals surface area (Å²) in [6, 6.07) is 27.5. The van der Waals surface area contributed by atoms with Gasteiger partial charge in [0.05, 0.1) is 22.8 Å². The van der Waals surface area contributed by atoms with Gasteiger partial charge in [0.15, 0.2) is 0 Å². The predicted molar refractivity (Wildman–Crippen MR) is 160 cm³/mol. The molecule has 40 heavy (non-hydrogen) atoms. The molecule has 0 aliphatic carbocycles. The molecule has 2 heterocycles. The van der Waals surface area contributed by atoms with E-state index in [1.165, 1.54) is 4.31 Å². The number of nitrogens with one attached hydrogen (secondary N) is 1. The van der Waals surface area contributed by atoms with E-state index in [1.807, 2.05) is 84.9 Å². The molecule has 0 bridgehead atoms. The molecule has 5 rings (SSSR count). The second-order valence-corrected chi connectivity index (χ2v) is 11.8. The predicted octanol–water partition coefficient (Wildman–Crippen LogP) is 5.37. The van der Waals surface area contributed by atoms with E-state index in [0.717, 1.165) is 45.1 Å². The zero-order valence-corrected chi connectivity index (χ0v) is 23.5. The third-order valence-corrected chi connectivity index (χ3v) is 8.97. The van der Waals surface area contributed by atoms with Gasteiger partial charge >= 0.3 is 0 Å². The van der Waals surface area contributed by atoms with Crippen LogP contribution in [0.1, 0.15) is 40.9 Å². The molecular formula is C32H34N4O3S. The van der Waals surface area contributed by atoms with Gasteiger partial charge in [-0.25, -0.2) is 13.4 Å². The van der Waals surface area contributed by atoms with Crippen molar-refractivity contribution in [1.29, 1.82) is 0 Å². The fourth-order valence-electron chi connectivity index (χ4n) is 5.31. The largest absolute Gasteiger partial charge is 0.345 e. The van der Waals surface area contributed by atoms with Crippen LogP contribution in [0.4, 0.5) is 0 Å². The molecule has 4 aromatic rings. The SMILES string of the molecule is C=CS(=O)(=O)N1CCN(Cc2c(-c3ccccc3)nc3ccccc3c2C(=O)N[C@@H](CC)c2ccccc2)CC1. The molecule has 0 radical (unpaired) electrons. The second kappa shape index (κ2) is 12.1. The molecule has 1 saturated heterocycles. The Balaban J connectivity index is 1.58. The van der Waals surface area contributed by atoms with E-state index in [0.29, 0.717) is 38.3 Å². The van der Waals surface area contributed by atoms with Gasteiger partial charge in [0.1, 0.15) is 0 Å². The van der Waals surface area contributed by atoms with E-state index >= 15 is 0 Å². The summed E-state index contributed by atoms with van der Waals surface area (Å²) in [4.78, 5) is 21.5. The lowest BCUT2D eigenvalue weighted by Crippen LogP contribution is -2.47. The van der Waals surface area contributed by atoms with Crippen molar-refractivity contribution < 1.29 is 13.2 Å². The van der Waals surface area contributed by atoms with E-state index in [-0.39, 0.29) is 11.9 Å². The Hall–Kier alpha value is -3.85. The summed E-state index contributed by atoms with van der Waals surface area (Å²) >= 11 is 0. The number of nitrogens with zero attached hydrogens (tertiary/aromatic N) is 3. The number of carbonyl (C=O) groups excluding carboxylic acids is 1. The summed E-state index contributed by atoms with van der Waals surface area (Å²) in [5.74, 6) is -0.144. The number of fused-ring (bicyclic) bond motifs is 1. The van der Waals surface area contributed by atoms with Gasteiger partial charge in [0.2, 0.25) is 10.0 Å². The van der Waals surface area contributed by atoms with Gasteiger partial charge < -0.3 is 5.32 Å². The zero-order valence-electron chi connectivity index (χ0n) is 22.7. The first-order valence-electron chi connectivity index (χ1n) is 13.6. The molecule has 1 aromatic heterocycles. The number of aromatic nitrogens is 1. The Morgan fingerprint density at radius 2 is 1.57 bits per heavy atom. The van der Waals surface area contributed by atoms with Crippen LogP contribution in [-0.2, 0) is 16.6 Å². The van der Waals surface area contributed by atoms with Gasteiger partial charge in [-0.2, -0.15) is 4.31 Å². The van der Waals surface area contributed by atoms with Crippen LogP contribution in [0.15, 0.2) is 96.9 Å². The Morgan fingerprint density at radius 3 is 2.23 bits per heavy atom. The highest BCUT2D eigenvalue weighted by Crippen LogP contribution is 2.32. The van der Waals surface area contributed by atoms with Crippen LogP contribution >= 0.6 is 0 Å². The van der Waals surface area contributed by atoms with E-state index in [4.69, 9.17) is 4.98 Å². The molecule has 0 saturated carbocycles. The summed E-state index contributed by atoms with van der Waals surface area (Å²) in [6.45, 7) is 7.79. The maximum Gasteiger partial charge on any atom is 0.252 e. The van der Waals surface area contributed by atoms with Gasteiger partial charge in [0.25, 0.3) is 5.91 Å². The average Bonchev–Trinajstić information content (AvgIpc) is 3.00. The summed E-state index contributed by atoms with van der Waals surface area (Å²) in [6.07, 6.45) is 0.749. The van der Waals surface area contributed by atoms with E-state index in [9.17, 15) is 13.2 Å². The number of pyridine rings is 1. The fourth-order valence-corrected chi connectivity index (χ4v) is 6.19. The molecule has 7 nitrogen and oxygen atoms in total. The van der Waals surface area contributed by atoms with Crippen molar-refractivity contribution >= 4 is 26.8 Å². The molecule has 1 aliphatic heterocycles. The van der Waals surface area contributed by atoms with Crippen molar-refractivity contribution in [3.8, 4) is 11.3 Å². The van der Waals surface area contributed by atoms with Gasteiger partial charge in [0, 0.05) is 54.6 Å². The lowest BCUT2D eigenvalue weighted by atomic mass is 9.94. The minimum Gasteiger partial charge on any atom is -0.345 e. The van der Waals surface area contributed by atoms with Crippen molar-refractivity contribution in [2.24, 2.45) is 0 Å². The van der Waals surface area contributed by atoms with Gasteiger partial charge in [-0.3, -0.25) is 9.69 Å². The Morgan fingerprint density at radius 1 is 0.950 bits per heavy atom. The Kier molecular flexibility index (Phi) is 8.40. The second-order valence-electron chi connectivity index (χ2n) is 9.93. The third-order valence-electron chi connectivity index (χ3n) is 7.47. The molecule has 1 fully saturated rings. The Labute approximate surface area is 236 Å². The number of piperazine rings is 1. The lowest BCUT2D eigenvalue weighted by molar-refractivity contribution is 0.0934. The van der Waals surface area contributed by atoms with E-state index in [1.54, 1.807) is 0 Å². The standard InChI is InChI=1S/C32H34N4O3S/c1-3-28(24-13-7-5-8-14-24)34-32(37)30-26-17-11-12-18-29(26)33-31(25-15-9-6-10-16-25)27(30)23-35-19-21-36(22-20-35)40(38,39)4-2/h4-18,28H,2-3,19-23H2,1H3,(H,34,37)/t28-/m0/s1. The van der Waals surface area contributed by atoms with Crippen LogP contribution in [-0.4, -0.2) is 54.7 Å². The van der Waals surface area contributed by atoms with Crippen molar-refractivity contribution in [1.82, 2.24) is 19.5 Å². The van der Waals surface area contributed by atoms with Crippen LogP contribution in [0.3, 0.4) is 0 Å². The summed E-state index contributed by atoms with van der Waals surface area (Å²) < 4.78 is 26.1. The molecule has 206 valence electrons. The first kappa shape index (κ1) is 27.7. The maximum atomic E-state index is 14.2. The molecule has 3 aromatic carbocycles. The monoisotopic (exact) mass is 554 g/mol. The summed E-state index contributed by atoms with van der Waals surface area (Å²) in [7, 11) is -3.47. The number of amides is 1. The van der Waals surface area contributed by atoms with E-state index < -0.39 is 10.0 Å². The average molecular weight is 555 g/mol. The molecule has 8 heteroatoms. The highest BCUT2D eigenvalue weighted by atomic mass is 32.2. The molecule has 1 amide bonds. The van der Waals surface area contributed by atoms with Crippen LogP contribution in [0.2, 0.25) is 0 Å². The minimum absolute atomic E-state index is 0.138. The van der Waals surface area contributed by atoms with Crippen LogP contribution in [0.5, 0.6) is 0 Å². The number of carbonyl (C=O) groups is 1. The Bertz CT molecular complexity index is 1600. The number of hydrogen-bond donors (Lipinski definition) is 1. The molecule has 1 aliphatic rings. The number of hydrogen-bond acceptors (Lipinski definition) is 5. The van der Waals surface area contributed by atoms with Crippen molar-refractivity contribution in [3.05, 3.63) is 114 Å². The molecule has 0 spiro atoms. The number of benzene rings is 3. The topological polar surface area (TPSA) is 82.6 Å². The number of para-hydroxylation sites is 1. The molecule has 1 atom stereocenters. The van der Waals surface area contributed by atoms with Crippen molar-refractivity contribution in [2.45, 2.75) is 25.9 Å². The normalized spacial score (nSPS) is 15.5. The summed E-state index contributed by atoms with van der Waals surface area (Å²) in [5.41, 5.74) is 4.95. The molecule has 1 N–H and O–H groups in total. The van der Waals surface area contributed by atoms with Crippen LogP contribution in [0, 0.1) is 0 Å². The van der Waals surface area contributed by atoms with Gasteiger partial charge in [-0.05, 0) is 18.1 Å². The van der Waals surface area contributed by atoms with Crippen LogP contribution in [0.25, 0.3) is 22.2 Å².